The highest BCUT2D eigenvalue weighted by atomic mass is 15.0. The van der Waals surface area contributed by atoms with Crippen LogP contribution in [0.1, 0.15) is 35.6 Å². The quantitative estimate of drug-likeness (QED) is 0.176. The van der Waals surface area contributed by atoms with Gasteiger partial charge in [-0.25, -0.2) is 0 Å². The normalized spacial score (nSPS) is 15.6. The monoisotopic (exact) mass is 676 g/mol. The van der Waals surface area contributed by atoms with E-state index in [1.807, 2.05) is 0 Å². The lowest BCUT2D eigenvalue weighted by Gasteiger charge is -2.27. The number of benzene rings is 8. The molecule has 0 aliphatic heterocycles. The van der Waals surface area contributed by atoms with Gasteiger partial charge in [-0.3, -0.25) is 0 Å². The Morgan fingerprint density at radius 1 is 0.434 bits per heavy atom. The molecular weight excluding hydrogens is 641 g/mol. The average molecular weight is 677 g/mol. The maximum atomic E-state index is 2.46. The molecule has 1 aliphatic carbocycles. The smallest absolute Gasteiger partial charge is 0.0541 e. The van der Waals surface area contributed by atoms with Crippen LogP contribution in [0.4, 0.5) is 0 Å². The molecule has 0 saturated carbocycles. The predicted octanol–water partition coefficient (Wildman–Crippen LogP) is 13.6. The standard InChI is InChI=1S/C51H36N2/c1-33-41(38-24-29-49-46(32-38)44-16-6-8-19-47(44)53(49)40-27-21-34-11-2-3-13-37(34)31-40)28-30-50-51(33)45-17-7-9-20-48(45)52(50)39-25-22-36(23-26-39)43-18-10-14-35-12-4-5-15-42(35)43/h2-33,41H,1H3. The summed E-state index contributed by atoms with van der Waals surface area (Å²) >= 11 is 0. The van der Waals surface area contributed by atoms with Gasteiger partial charge in [-0.05, 0) is 104 Å². The Bertz CT molecular complexity index is 3080. The molecule has 0 spiro atoms. The van der Waals surface area contributed by atoms with Crippen LogP contribution in [0.25, 0.3) is 82.8 Å². The van der Waals surface area contributed by atoms with E-state index in [9.17, 15) is 0 Å². The highest BCUT2D eigenvalue weighted by molar-refractivity contribution is 6.10. The van der Waals surface area contributed by atoms with Crippen LogP contribution in [0.5, 0.6) is 0 Å². The molecule has 11 rings (SSSR count). The van der Waals surface area contributed by atoms with Crippen molar-refractivity contribution in [1.29, 1.82) is 0 Å². The molecule has 0 radical (unpaired) electrons. The average Bonchev–Trinajstić information content (AvgIpc) is 3.74. The first-order chi connectivity index (χ1) is 26.2. The summed E-state index contributed by atoms with van der Waals surface area (Å²) in [5, 5.41) is 8.98. The van der Waals surface area contributed by atoms with E-state index < -0.39 is 0 Å². The third-order valence-corrected chi connectivity index (χ3v) is 11.7. The van der Waals surface area contributed by atoms with E-state index in [1.165, 1.54) is 93.6 Å². The maximum Gasteiger partial charge on any atom is 0.0541 e. The van der Waals surface area contributed by atoms with Crippen molar-refractivity contribution >= 4 is 60.3 Å². The summed E-state index contributed by atoms with van der Waals surface area (Å²) in [6.45, 7) is 2.41. The van der Waals surface area contributed by atoms with Gasteiger partial charge in [0, 0.05) is 33.5 Å². The van der Waals surface area contributed by atoms with E-state index in [1.54, 1.807) is 0 Å². The van der Waals surface area contributed by atoms with Gasteiger partial charge in [0.05, 0.1) is 22.2 Å². The molecule has 2 nitrogen and oxygen atoms in total. The number of hydrogen-bond donors (Lipinski definition) is 0. The molecule has 0 fully saturated rings. The summed E-state index contributed by atoms with van der Waals surface area (Å²) in [7, 11) is 0. The van der Waals surface area contributed by atoms with E-state index >= 15 is 0 Å². The molecular formula is C51H36N2. The van der Waals surface area contributed by atoms with E-state index in [-0.39, 0.29) is 5.92 Å². The minimum absolute atomic E-state index is 0.252. The fourth-order valence-electron chi connectivity index (χ4n) is 9.21. The Kier molecular flexibility index (Phi) is 6.63. The van der Waals surface area contributed by atoms with Crippen molar-refractivity contribution in [3.05, 3.63) is 199 Å². The number of aromatic nitrogens is 2. The second-order valence-electron chi connectivity index (χ2n) is 14.6. The Morgan fingerprint density at radius 2 is 1.08 bits per heavy atom. The maximum absolute atomic E-state index is 2.46. The molecule has 2 unspecified atom stereocenters. The van der Waals surface area contributed by atoms with E-state index in [0.717, 1.165) is 0 Å². The molecule has 2 heteroatoms. The number of para-hydroxylation sites is 2. The molecule has 2 atom stereocenters. The van der Waals surface area contributed by atoms with Gasteiger partial charge in [0.25, 0.3) is 0 Å². The van der Waals surface area contributed by atoms with Crippen LogP contribution in [0.15, 0.2) is 182 Å². The first kappa shape index (κ1) is 30.0. The topological polar surface area (TPSA) is 9.86 Å². The minimum Gasteiger partial charge on any atom is -0.310 e. The Balaban J connectivity index is 1.01. The van der Waals surface area contributed by atoms with Crippen LogP contribution in [0, 0.1) is 0 Å². The van der Waals surface area contributed by atoms with E-state index in [0.29, 0.717) is 5.92 Å². The van der Waals surface area contributed by atoms with Gasteiger partial charge in [-0.15, -0.1) is 0 Å². The summed E-state index contributed by atoms with van der Waals surface area (Å²) in [5.41, 5.74) is 12.7. The lowest BCUT2D eigenvalue weighted by molar-refractivity contribution is 0.672. The van der Waals surface area contributed by atoms with Crippen molar-refractivity contribution in [2.45, 2.75) is 18.8 Å². The van der Waals surface area contributed by atoms with Crippen molar-refractivity contribution in [2.24, 2.45) is 0 Å². The van der Waals surface area contributed by atoms with Crippen molar-refractivity contribution in [3.8, 4) is 22.5 Å². The summed E-state index contributed by atoms with van der Waals surface area (Å²) < 4.78 is 4.89. The third kappa shape index (κ3) is 4.59. The van der Waals surface area contributed by atoms with Gasteiger partial charge >= 0.3 is 0 Å². The van der Waals surface area contributed by atoms with Gasteiger partial charge in [-0.1, -0.05) is 140 Å². The second-order valence-corrected chi connectivity index (χ2v) is 14.6. The molecule has 2 aromatic heterocycles. The SMILES string of the molecule is CC1c2c(n(-c3ccc(-c4cccc5ccccc45)cc3)c3ccccc23)C=CC1c1ccc2c(c1)c1ccccc1n2-c1ccc2ccccc2c1. The fourth-order valence-corrected chi connectivity index (χ4v) is 9.21. The van der Waals surface area contributed by atoms with Gasteiger partial charge in [-0.2, -0.15) is 0 Å². The number of rotatable bonds is 4. The number of fused-ring (bicyclic) bond motifs is 8. The molecule has 0 N–H and O–H groups in total. The molecule has 1 aliphatic rings. The van der Waals surface area contributed by atoms with Crippen molar-refractivity contribution in [2.75, 3.05) is 0 Å². The molecule has 10 aromatic rings. The van der Waals surface area contributed by atoms with Crippen LogP contribution in [0.3, 0.4) is 0 Å². The molecule has 250 valence electrons. The van der Waals surface area contributed by atoms with Crippen LogP contribution < -0.4 is 0 Å². The van der Waals surface area contributed by atoms with Crippen LogP contribution in [-0.4, -0.2) is 9.13 Å². The first-order valence-corrected chi connectivity index (χ1v) is 18.6. The first-order valence-electron chi connectivity index (χ1n) is 18.6. The summed E-state index contributed by atoms with van der Waals surface area (Å²) in [6.07, 6.45) is 4.82. The molecule has 0 saturated heterocycles. The Labute approximate surface area is 308 Å². The minimum atomic E-state index is 0.252. The zero-order chi connectivity index (χ0) is 35.0. The van der Waals surface area contributed by atoms with Crippen LogP contribution >= 0.6 is 0 Å². The summed E-state index contributed by atoms with van der Waals surface area (Å²) in [6, 6.07) is 64.7. The number of nitrogens with zero attached hydrogens (tertiary/aromatic N) is 2. The highest BCUT2D eigenvalue weighted by Crippen LogP contribution is 2.47. The second kappa shape index (κ2) is 11.7. The van der Waals surface area contributed by atoms with Crippen LogP contribution in [0.2, 0.25) is 0 Å². The largest absolute Gasteiger partial charge is 0.310 e. The van der Waals surface area contributed by atoms with Gasteiger partial charge < -0.3 is 9.13 Å². The van der Waals surface area contributed by atoms with E-state index in [2.05, 4.69) is 204 Å². The zero-order valence-corrected chi connectivity index (χ0v) is 29.4. The highest BCUT2D eigenvalue weighted by Gasteiger charge is 2.30. The third-order valence-electron chi connectivity index (χ3n) is 11.7. The lowest BCUT2D eigenvalue weighted by Crippen LogP contribution is -2.12. The fraction of sp³-hybridized carbons (Fsp3) is 0.0588. The van der Waals surface area contributed by atoms with E-state index in [4.69, 9.17) is 0 Å². The number of allylic oxidation sites excluding steroid dienone is 1. The Morgan fingerprint density at radius 3 is 1.91 bits per heavy atom. The molecule has 0 bridgehead atoms. The molecule has 8 aromatic carbocycles. The molecule has 0 amide bonds. The zero-order valence-electron chi connectivity index (χ0n) is 29.4. The number of hydrogen-bond acceptors (Lipinski definition) is 0. The van der Waals surface area contributed by atoms with Gasteiger partial charge in [0.1, 0.15) is 0 Å². The lowest BCUT2D eigenvalue weighted by atomic mass is 9.78. The summed E-state index contributed by atoms with van der Waals surface area (Å²) in [4.78, 5) is 0. The van der Waals surface area contributed by atoms with Gasteiger partial charge in [0.2, 0.25) is 0 Å². The van der Waals surface area contributed by atoms with Crippen molar-refractivity contribution < 1.29 is 0 Å². The van der Waals surface area contributed by atoms with Gasteiger partial charge in [0.15, 0.2) is 0 Å². The van der Waals surface area contributed by atoms with Crippen molar-refractivity contribution in [3.63, 3.8) is 0 Å². The van der Waals surface area contributed by atoms with Crippen molar-refractivity contribution in [1.82, 2.24) is 9.13 Å². The Hall–Kier alpha value is -6.64. The molecule has 53 heavy (non-hydrogen) atoms. The summed E-state index contributed by atoms with van der Waals surface area (Å²) in [5.74, 6) is 0.546. The van der Waals surface area contributed by atoms with Crippen LogP contribution in [-0.2, 0) is 0 Å². The predicted molar refractivity (Wildman–Crippen MR) is 225 cm³/mol. The molecule has 2 heterocycles.